The maximum Gasteiger partial charge on any atom is 0.220 e. The lowest BCUT2D eigenvalue weighted by Gasteiger charge is -2.48. The minimum absolute atomic E-state index is 0.237. The van der Waals surface area contributed by atoms with Gasteiger partial charge in [0.2, 0.25) is 5.91 Å². The smallest absolute Gasteiger partial charge is 0.220 e. The minimum Gasteiger partial charge on any atom is -0.394 e. The predicted octanol–water partition coefficient (Wildman–Crippen LogP) is 9.78. The summed E-state index contributed by atoms with van der Waals surface area (Å²) in [7, 11) is 0. The number of amides is 1. The Balaban J connectivity index is 1.40. The Hall–Kier alpha value is -2.25. The fraction of sp³-hybridized carbons (Fsp3) is 0.873. The van der Waals surface area contributed by atoms with Crippen LogP contribution in [0.5, 0.6) is 0 Å². The van der Waals surface area contributed by atoms with E-state index in [1.54, 1.807) is 6.08 Å². The number of aliphatic hydroxyl groups excluding tert-OH is 11. The van der Waals surface area contributed by atoms with Crippen LogP contribution in [-0.4, -0.2) is 193 Å². The largest absolute Gasteiger partial charge is 0.394 e. The molecule has 3 aliphatic heterocycles. The lowest BCUT2D eigenvalue weighted by molar-refractivity contribution is -0.379. The summed E-state index contributed by atoms with van der Waals surface area (Å²) in [5.41, 5.74) is 0. The van der Waals surface area contributed by atoms with E-state index in [0.717, 1.165) is 44.9 Å². The van der Waals surface area contributed by atoms with E-state index >= 15 is 0 Å². The number of aliphatic hydroxyl groups is 11. The summed E-state index contributed by atoms with van der Waals surface area (Å²) < 4.78 is 34.3. The molecule has 0 saturated carbocycles. The van der Waals surface area contributed by atoms with Crippen LogP contribution in [0.15, 0.2) is 48.6 Å². The zero-order valence-electron chi connectivity index (χ0n) is 55.6. The molecule has 0 aromatic heterocycles. The molecular weight excluding hydrogens is 1150 g/mol. The van der Waals surface area contributed by atoms with Gasteiger partial charge in [0.05, 0.1) is 38.6 Å². The van der Waals surface area contributed by atoms with E-state index in [2.05, 4.69) is 55.6 Å². The molecule has 17 unspecified atom stereocenters. The second-order valence-corrected chi connectivity index (χ2v) is 25.7. The number of hydrogen-bond acceptors (Lipinski definition) is 18. The van der Waals surface area contributed by atoms with Gasteiger partial charge >= 0.3 is 0 Å². The van der Waals surface area contributed by atoms with Gasteiger partial charge in [-0.3, -0.25) is 4.79 Å². The molecule has 0 radical (unpaired) electrons. The Morgan fingerprint density at radius 3 is 1.18 bits per heavy atom. The van der Waals surface area contributed by atoms with Crippen LogP contribution in [0.4, 0.5) is 0 Å². The Labute approximate surface area is 542 Å². The second-order valence-electron chi connectivity index (χ2n) is 25.7. The Morgan fingerprint density at radius 1 is 0.400 bits per heavy atom. The molecule has 3 rings (SSSR count). The van der Waals surface area contributed by atoms with Crippen LogP contribution in [0.2, 0.25) is 0 Å². The summed E-state index contributed by atoms with van der Waals surface area (Å²) in [6, 6.07) is -0.990. The maximum atomic E-state index is 13.4. The highest BCUT2D eigenvalue weighted by Gasteiger charge is 2.53. The van der Waals surface area contributed by atoms with Crippen LogP contribution in [-0.2, 0) is 33.2 Å². The van der Waals surface area contributed by atoms with Crippen LogP contribution >= 0.6 is 0 Å². The third-order valence-corrected chi connectivity index (χ3v) is 17.8. The lowest BCUT2D eigenvalue weighted by Crippen LogP contribution is -2.66. The Morgan fingerprint density at radius 2 is 0.744 bits per heavy atom. The molecule has 3 heterocycles. The molecule has 3 saturated heterocycles. The summed E-state index contributed by atoms with van der Waals surface area (Å²) in [6.07, 6.45) is 36.7. The van der Waals surface area contributed by atoms with Crippen molar-refractivity contribution in [2.24, 2.45) is 0 Å². The first-order valence-electron chi connectivity index (χ1n) is 35.9. The van der Waals surface area contributed by atoms with Gasteiger partial charge in [0.25, 0.3) is 0 Å². The molecule has 0 aliphatic carbocycles. The highest BCUT2D eigenvalue weighted by Crippen LogP contribution is 2.33. The monoisotopic (exact) mass is 1280 g/mol. The molecular formula is C71H129NO18. The van der Waals surface area contributed by atoms with Gasteiger partial charge in [-0.05, 0) is 64.2 Å². The van der Waals surface area contributed by atoms with Crippen molar-refractivity contribution < 1.29 is 89.4 Å². The van der Waals surface area contributed by atoms with E-state index < -0.39 is 124 Å². The number of ether oxygens (including phenoxy) is 6. The van der Waals surface area contributed by atoms with E-state index in [1.807, 2.05) is 6.08 Å². The minimum atomic E-state index is -1.98. The average molecular weight is 1280 g/mol. The van der Waals surface area contributed by atoms with Gasteiger partial charge in [0, 0.05) is 6.42 Å². The molecule has 3 fully saturated rings. The first-order valence-corrected chi connectivity index (χ1v) is 35.9. The molecule has 0 bridgehead atoms. The maximum absolute atomic E-state index is 13.4. The third-order valence-electron chi connectivity index (χ3n) is 17.8. The molecule has 0 spiro atoms. The first-order chi connectivity index (χ1) is 43.8. The summed E-state index contributed by atoms with van der Waals surface area (Å²) in [4.78, 5) is 13.4. The van der Waals surface area contributed by atoms with Crippen LogP contribution in [0, 0.1) is 0 Å². The predicted molar refractivity (Wildman–Crippen MR) is 351 cm³/mol. The SMILES string of the molecule is CCCCCCC/C=C\C/C=C\CCCCCCCCCCCCCCCCCCCC(=O)NC(COC1OC(CO)C(OC2OC(CO)C(OC3OC(CO)C(O)C(O)C3O)C(O)C2O)C(O)C1O)C(O)/C=C/CC/C=C/CCCCCCCCCCCC. The fourth-order valence-corrected chi connectivity index (χ4v) is 12.0. The van der Waals surface area contributed by atoms with Crippen molar-refractivity contribution in [1.82, 2.24) is 5.32 Å². The Kier molecular flexibility index (Phi) is 48.2. The molecule has 3 aliphatic rings. The van der Waals surface area contributed by atoms with Gasteiger partial charge in [-0.25, -0.2) is 0 Å². The molecule has 17 atom stereocenters. The molecule has 19 heteroatoms. The lowest BCUT2D eigenvalue weighted by atomic mass is 9.96. The summed E-state index contributed by atoms with van der Waals surface area (Å²) in [5, 5.41) is 120. The zero-order chi connectivity index (χ0) is 65.4. The highest BCUT2D eigenvalue weighted by atomic mass is 16.8. The van der Waals surface area contributed by atoms with Crippen LogP contribution in [0.1, 0.15) is 264 Å². The average Bonchev–Trinajstić information content (AvgIpc) is 1.05. The molecule has 19 nitrogen and oxygen atoms in total. The molecule has 1 amide bonds. The topological polar surface area (TPSA) is 307 Å². The number of carbonyl (C=O) groups excluding carboxylic acids is 1. The Bertz CT molecular complexity index is 1820. The summed E-state index contributed by atoms with van der Waals surface area (Å²) in [6.45, 7) is 1.72. The number of rotatable bonds is 55. The highest BCUT2D eigenvalue weighted by molar-refractivity contribution is 5.76. The first kappa shape index (κ1) is 82.0. The van der Waals surface area contributed by atoms with Gasteiger partial charge in [-0.15, -0.1) is 0 Å². The van der Waals surface area contributed by atoms with Crippen molar-refractivity contribution in [3.8, 4) is 0 Å². The van der Waals surface area contributed by atoms with Crippen molar-refractivity contribution in [3.63, 3.8) is 0 Å². The van der Waals surface area contributed by atoms with Gasteiger partial charge in [-0.2, -0.15) is 0 Å². The van der Waals surface area contributed by atoms with E-state index in [1.165, 1.54) is 186 Å². The molecule has 12 N–H and O–H groups in total. The molecule has 90 heavy (non-hydrogen) atoms. The zero-order valence-corrected chi connectivity index (χ0v) is 55.6. The van der Waals surface area contributed by atoms with E-state index in [-0.39, 0.29) is 18.9 Å². The summed E-state index contributed by atoms with van der Waals surface area (Å²) >= 11 is 0. The van der Waals surface area contributed by atoms with Crippen molar-refractivity contribution in [2.45, 2.75) is 369 Å². The van der Waals surface area contributed by atoms with Crippen LogP contribution in [0.3, 0.4) is 0 Å². The molecule has 526 valence electrons. The quantitative estimate of drug-likeness (QED) is 0.0199. The summed E-state index contributed by atoms with van der Waals surface area (Å²) in [5.74, 6) is -0.283. The standard InChI is InChI=1S/C71H129NO18/c1-3-5-7-9-11-13-15-17-19-21-22-23-24-25-26-27-28-29-30-31-32-33-35-37-39-41-43-45-47-49-59(77)72-54(55(76)48-46-44-42-40-38-36-34-20-18-16-14-12-10-8-6-4-2)53-85-69-65(83)62(80)67(57(51-74)87-69)90-71-66(84)63(81)68(58(52-75)88-71)89-70-64(82)61(79)60(78)56(50-73)86-70/h15,17,21-22,38,40,46,48,54-58,60-71,73-76,78-84H,3-14,16,18-20,23-37,39,41-45,47,49-53H2,1-2H3,(H,72,77)/b17-15-,22-21-,40-38+,48-46+. The third kappa shape index (κ3) is 34.4. The van der Waals surface area contributed by atoms with Gasteiger partial charge < -0.3 is 89.9 Å². The molecule has 0 aromatic carbocycles. The number of allylic oxidation sites excluding steroid dienone is 7. The van der Waals surface area contributed by atoms with E-state index in [0.29, 0.717) is 12.8 Å². The van der Waals surface area contributed by atoms with Gasteiger partial charge in [0.15, 0.2) is 18.9 Å². The second kappa shape index (κ2) is 53.0. The number of carbonyl (C=O) groups is 1. The van der Waals surface area contributed by atoms with Crippen molar-refractivity contribution >= 4 is 5.91 Å². The number of hydrogen-bond donors (Lipinski definition) is 12. The van der Waals surface area contributed by atoms with Gasteiger partial charge in [-0.1, -0.05) is 242 Å². The van der Waals surface area contributed by atoms with Gasteiger partial charge in [0.1, 0.15) is 73.2 Å². The van der Waals surface area contributed by atoms with E-state index in [4.69, 9.17) is 28.4 Å². The van der Waals surface area contributed by atoms with Crippen LogP contribution in [0.25, 0.3) is 0 Å². The van der Waals surface area contributed by atoms with E-state index in [9.17, 15) is 61.0 Å². The number of nitrogens with one attached hydrogen (secondary N) is 1. The molecule has 0 aromatic rings. The number of unbranched alkanes of at least 4 members (excludes halogenated alkanes) is 33. The van der Waals surface area contributed by atoms with Crippen molar-refractivity contribution in [3.05, 3.63) is 48.6 Å². The van der Waals surface area contributed by atoms with Crippen molar-refractivity contribution in [2.75, 3.05) is 26.4 Å². The fourth-order valence-electron chi connectivity index (χ4n) is 12.0. The van der Waals surface area contributed by atoms with Crippen molar-refractivity contribution in [1.29, 1.82) is 0 Å². The normalized spacial score (nSPS) is 28.3. The van der Waals surface area contributed by atoms with Crippen LogP contribution < -0.4 is 5.32 Å².